The first-order valence-electron chi connectivity index (χ1n) is 7.31. The third-order valence-electron chi connectivity index (χ3n) is 4.06. The van der Waals surface area contributed by atoms with Gasteiger partial charge < -0.3 is 9.67 Å². The van der Waals surface area contributed by atoms with Crippen LogP contribution in [-0.2, 0) is 4.79 Å². The first-order valence-corrected chi connectivity index (χ1v) is 8.30. The van der Waals surface area contributed by atoms with E-state index < -0.39 is 5.97 Å². The number of carbonyl (C=O) groups is 1. The molecule has 0 aromatic carbocycles. The predicted molar refractivity (Wildman–Crippen MR) is 82.6 cm³/mol. The molecule has 3 rings (SSSR count). The van der Waals surface area contributed by atoms with E-state index in [2.05, 4.69) is 21.5 Å². The molecule has 0 radical (unpaired) electrons. The van der Waals surface area contributed by atoms with Gasteiger partial charge in [0.2, 0.25) is 0 Å². The van der Waals surface area contributed by atoms with Crippen LogP contribution in [0.15, 0.2) is 23.6 Å². The van der Waals surface area contributed by atoms with Crippen LogP contribution in [-0.4, -0.2) is 31.4 Å². The molecular formula is C15H19N3O2S. The smallest absolute Gasteiger partial charge is 0.313 e. The van der Waals surface area contributed by atoms with E-state index in [0.717, 1.165) is 29.0 Å². The maximum atomic E-state index is 10.9. The van der Waals surface area contributed by atoms with Crippen LogP contribution in [0.3, 0.4) is 0 Å². The number of aliphatic carboxylic acids is 1. The number of fused-ring (bicyclic) bond motifs is 1. The number of hydrogen-bond acceptors (Lipinski definition) is 4. The lowest BCUT2D eigenvalue weighted by molar-refractivity contribution is -0.133. The molecule has 2 aromatic heterocycles. The summed E-state index contributed by atoms with van der Waals surface area (Å²) in [4.78, 5) is 19.6. The van der Waals surface area contributed by atoms with Crippen molar-refractivity contribution >= 4 is 28.8 Å². The standard InChI is InChI=1S/C15H19N3O2S/c1-10-3-2-4-11(7-10)18-13-5-6-16-8-12(13)17-15(18)21-9-14(19)20/h5-6,8,10-11H,2-4,7,9H2,1H3,(H,19,20). The summed E-state index contributed by atoms with van der Waals surface area (Å²) < 4.78 is 2.24. The summed E-state index contributed by atoms with van der Waals surface area (Å²) in [5, 5.41) is 9.73. The summed E-state index contributed by atoms with van der Waals surface area (Å²) >= 11 is 1.30. The fraction of sp³-hybridized carbons (Fsp3) is 0.533. The van der Waals surface area contributed by atoms with Crippen molar-refractivity contribution in [3.8, 4) is 0 Å². The third-order valence-corrected chi connectivity index (χ3v) is 5.00. The van der Waals surface area contributed by atoms with Crippen molar-refractivity contribution in [1.82, 2.24) is 14.5 Å². The van der Waals surface area contributed by atoms with Crippen LogP contribution in [0.25, 0.3) is 11.0 Å². The van der Waals surface area contributed by atoms with Gasteiger partial charge >= 0.3 is 5.97 Å². The number of hydrogen-bond donors (Lipinski definition) is 1. The Balaban J connectivity index is 2.00. The Morgan fingerprint density at radius 2 is 2.38 bits per heavy atom. The van der Waals surface area contributed by atoms with Gasteiger partial charge in [-0.2, -0.15) is 0 Å². The second-order valence-corrected chi connectivity index (χ2v) is 6.68. The van der Waals surface area contributed by atoms with Crippen molar-refractivity contribution in [2.45, 2.75) is 43.8 Å². The molecule has 0 amide bonds. The Morgan fingerprint density at radius 1 is 1.52 bits per heavy atom. The summed E-state index contributed by atoms with van der Waals surface area (Å²) in [7, 11) is 0. The molecule has 1 N–H and O–H groups in total. The monoisotopic (exact) mass is 305 g/mol. The summed E-state index contributed by atoms with van der Waals surface area (Å²) in [6.45, 7) is 2.29. The van der Waals surface area contributed by atoms with Crippen LogP contribution in [0.4, 0.5) is 0 Å². The summed E-state index contributed by atoms with van der Waals surface area (Å²) in [5.41, 5.74) is 1.92. The highest BCUT2D eigenvalue weighted by atomic mass is 32.2. The SMILES string of the molecule is CC1CCCC(n2c(SCC(=O)O)nc3cnccc32)C1. The lowest BCUT2D eigenvalue weighted by Gasteiger charge is -2.29. The van der Waals surface area contributed by atoms with Crippen LogP contribution in [0.5, 0.6) is 0 Å². The average molecular weight is 305 g/mol. The number of rotatable bonds is 4. The van der Waals surface area contributed by atoms with Gasteiger partial charge in [0.1, 0.15) is 5.52 Å². The van der Waals surface area contributed by atoms with E-state index in [4.69, 9.17) is 5.11 Å². The normalized spacial score (nSPS) is 22.5. The number of pyridine rings is 1. The molecule has 6 heteroatoms. The quantitative estimate of drug-likeness (QED) is 0.877. The number of nitrogens with zero attached hydrogens (tertiary/aromatic N) is 3. The molecule has 1 saturated carbocycles. The van der Waals surface area contributed by atoms with Gasteiger partial charge in [-0.3, -0.25) is 9.78 Å². The summed E-state index contributed by atoms with van der Waals surface area (Å²) in [6.07, 6.45) is 8.30. The first kappa shape index (κ1) is 14.4. The van der Waals surface area contributed by atoms with Gasteiger partial charge in [-0.1, -0.05) is 31.5 Å². The number of carboxylic acids is 1. The molecule has 0 saturated heterocycles. The van der Waals surface area contributed by atoms with Gasteiger partial charge in [0.25, 0.3) is 0 Å². The molecular weight excluding hydrogens is 286 g/mol. The second-order valence-electron chi connectivity index (χ2n) is 5.74. The van der Waals surface area contributed by atoms with Crippen LogP contribution >= 0.6 is 11.8 Å². The minimum absolute atomic E-state index is 0.0407. The van der Waals surface area contributed by atoms with Crippen LogP contribution in [0, 0.1) is 5.92 Å². The highest BCUT2D eigenvalue weighted by Crippen LogP contribution is 2.37. The zero-order valence-corrected chi connectivity index (χ0v) is 12.8. The molecule has 5 nitrogen and oxygen atoms in total. The second kappa shape index (κ2) is 6.05. The molecule has 0 spiro atoms. The Labute approximate surface area is 127 Å². The minimum Gasteiger partial charge on any atom is -0.481 e. The van der Waals surface area contributed by atoms with Crippen molar-refractivity contribution in [3.05, 3.63) is 18.5 Å². The van der Waals surface area contributed by atoms with Gasteiger partial charge in [0.15, 0.2) is 5.16 Å². The van der Waals surface area contributed by atoms with Crippen LogP contribution in [0.2, 0.25) is 0 Å². The highest BCUT2D eigenvalue weighted by molar-refractivity contribution is 7.99. The molecule has 1 aliphatic rings. The topological polar surface area (TPSA) is 68.0 Å². The lowest BCUT2D eigenvalue weighted by atomic mass is 9.87. The Morgan fingerprint density at radius 3 is 3.14 bits per heavy atom. The number of thioether (sulfide) groups is 1. The largest absolute Gasteiger partial charge is 0.481 e. The van der Waals surface area contributed by atoms with Crippen molar-refractivity contribution in [3.63, 3.8) is 0 Å². The van der Waals surface area contributed by atoms with Gasteiger partial charge in [0.05, 0.1) is 17.5 Å². The van der Waals surface area contributed by atoms with Crippen molar-refractivity contribution in [2.24, 2.45) is 5.92 Å². The summed E-state index contributed by atoms with van der Waals surface area (Å²) in [5.74, 6) is -0.0620. The maximum absolute atomic E-state index is 10.9. The molecule has 0 bridgehead atoms. The van der Waals surface area contributed by atoms with E-state index in [1.54, 1.807) is 12.4 Å². The molecule has 0 aliphatic heterocycles. The van der Waals surface area contributed by atoms with Gasteiger partial charge in [0, 0.05) is 12.2 Å². The van der Waals surface area contributed by atoms with Crippen molar-refractivity contribution < 1.29 is 9.90 Å². The molecule has 2 atom stereocenters. The van der Waals surface area contributed by atoms with E-state index in [-0.39, 0.29) is 5.75 Å². The number of aromatic nitrogens is 3. The van der Waals surface area contributed by atoms with E-state index in [9.17, 15) is 4.79 Å². The highest BCUT2D eigenvalue weighted by Gasteiger charge is 2.25. The Hall–Kier alpha value is -1.56. The van der Waals surface area contributed by atoms with Crippen molar-refractivity contribution in [1.29, 1.82) is 0 Å². The Kier molecular flexibility index (Phi) is 4.14. The predicted octanol–water partition coefficient (Wildman–Crippen LogP) is 3.36. The maximum Gasteiger partial charge on any atom is 0.313 e. The van der Waals surface area contributed by atoms with Crippen LogP contribution < -0.4 is 0 Å². The van der Waals surface area contributed by atoms with Crippen molar-refractivity contribution in [2.75, 3.05) is 5.75 Å². The van der Waals surface area contributed by atoms with E-state index in [0.29, 0.717) is 12.0 Å². The lowest BCUT2D eigenvalue weighted by Crippen LogP contribution is -2.18. The molecule has 2 heterocycles. The number of carboxylic acid groups (broad SMARTS) is 1. The molecule has 1 aliphatic carbocycles. The molecule has 2 unspecified atom stereocenters. The number of imidazole rings is 1. The Bertz CT molecular complexity index is 655. The fourth-order valence-corrected chi connectivity index (χ4v) is 3.95. The van der Waals surface area contributed by atoms with Crippen LogP contribution in [0.1, 0.15) is 38.6 Å². The van der Waals surface area contributed by atoms with E-state index in [1.165, 1.54) is 24.6 Å². The van der Waals surface area contributed by atoms with E-state index in [1.807, 2.05) is 6.07 Å². The fourth-order valence-electron chi connectivity index (χ4n) is 3.15. The molecule has 2 aromatic rings. The summed E-state index contributed by atoms with van der Waals surface area (Å²) in [6, 6.07) is 2.39. The minimum atomic E-state index is -0.811. The van der Waals surface area contributed by atoms with Gasteiger partial charge in [-0.25, -0.2) is 4.98 Å². The third kappa shape index (κ3) is 3.05. The average Bonchev–Trinajstić information content (AvgIpc) is 2.83. The van der Waals surface area contributed by atoms with Gasteiger partial charge in [-0.05, 0) is 24.8 Å². The first-order chi connectivity index (χ1) is 10.1. The molecule has 1 fully saturated rings. The molecule has 112 valence electrons. The van der Waals surface area contributed by atoms with Gasteiger partial charge in [-0.15, -0.1) is 0 Å². The van der Waals surface area contributed by atoms with E-state index >= 15 is 0 Å². The zero-order chi connectivity index (χ0) is 14.8. The zero-order valence-electron chi connectivity index (χ0n) is 12.0. The molecule has 21 heavy (non-hydrogen) atoms.